The average Bonchev–Trinajstić information content (AvgIpc) is 3.11. The van der Waals surface area contributed by atoms with E-state index in [1.165, 1.54) is 0 Å². The van der Waals surface area contributed by atoms with E-state index in [-0.39, 0.29) is 5.75 Å². The van der Waals surface area contributed by atoms with Crippen molar-refractivity contribution in [3.05, 3.63) is 59.4 Å². The number of aryl methyl sites for hydroxylation is 1. The summed E-state index contributed by atoms with van der Waals surface area (Å²) in [6.07, 6.45) is 4.59. The molecule has 1 atom stereocenters. The van der Waals surface area contributed by atoms with Crippen molar-refractivity contribution < 1.29 is 9.84 Å². The molecule has 0 aliphatic carbocycles. The second kappa shape index (κ2) is 8.36. The van der Waals surface area contributed by atoms with Gasteiger partial charge in [-0.3, -0.25) is 4.90 Å². The van der Waals surface area contributed by atoms with Gasteiger partial charge in [-0.05, 0) is 44.4 Å². The minimum atomic E-state index is 0.196. The Bertz CT molecular complexity index is 1080. The second-order valence-electron chi connectivity index (χ2n) is 8.03. The Labute approximate surface area is 176 Å². The van der Waals surface area contributed by atoms with E-state index in [2.05, 4.69) is 16.6 Å². The van der Waals surface area contributed by atoms with Crippen LogP contribution in [-0.4, -0.2) is 44.8 Å². The Morgan fingerprint density at radius 1 is 1.33 bits per heavy atom. The molecule has 7 heteroatoms. The van der Waals surface area contributed by atoms with Crippen molar-refractivity contribution in [2.24, 2.45) is 0 Å². The number of likely N-dealkylation sites (tertiary alicyclic amines) is 1. The van der Waals surface area contributed by atoms with Gasteiger partial charge in [0.2, 0.25) is 0 Å². The first-order valence-corrected chi connectivity index (χ1v) is 10.3. The number of anilines is 1. The van der Waals surface area contributed by atoms with Crippen molar-refractivity contribution in [2.75, 3.05) is 25.9 Å². The van der Waals surface area contributed by atoms with Crippen LogP contribution in [0.5, 0.6) is 11.5 Å². The summed E-state index contributed by atoms with van der Waals surface area (Å²) in [6.45, 7) is 8.47. The summed E-state index contributed by atoms with van der Waals surface area (Å²) in [5.41, 5.74) is 10.9. The van der Waals surface area contributed by atoms with Crippen LogP contribution in [0, 0.1) is 6.92 Å². The molecule has 1 aromatic carbocycles. The summed E-state index contributed by atoms with van der Waals surface area (Å²) in [4.78, 5) is 7.26. The summed E-state index contributed by atoms with van der Waals surface area (Å²) in [5, 5.41) is 14.7. The van der Waals surface area contributed by atoms with Gasteiger partial charge in [-0.25, -0.2) is 4.98 Å². The van der Waals surface area contributed by atoms with E-state index in [9.17, 15) is 5.11 Å². The van der Waals surface area contributed by atoms with Crippen molar-refractivity contribution in [1.29, 1.82) is 0 Å². The molecule has 0 spiro atoms. The quantitative estimate of drug-likeness (QED) is 0.609. The maximum Gasteiger partial charge on any atom is 0.161 e. The highest BCUT2D eigenvalue weighted by Gasteiger charge is 2.24. The Hall–Kier alpha value is -3.06. The van der Waals surface area contributed by atoms with E-state index in [0.717, 1.165) is 60.6 Å². The molecule has 7 nitrogen and oxygen atoms in total. The molecule has 158 valence electrons. The number of methoxy groups -OCH3 is 1. The summed E-state index contributed by atoms with van der Waals surface area (Å²) in [6, 6.07) is 7.88. The van der Waals surface area contributed by atoms with Crippen LogP contribution in [0.15, 0.2) is 36.9 Å². The molecule has 1 aliphatic rings. The highest BCUT2D eigenvalue weighted by Crippen LogP contribution is 2.34. The first kappa shape index (κ1) is 20.2. The Morgan fingerprint density at radius 3 is 2.93 bits per heavy atom. The molecule has 0 saturated carbocycles. The number of fused-ring (bicyclic) bond motifs is 1. The van der Waals surface area contributed by atoms with Crippen molar-refractivity contribution >= 4 is 11.5 Å². The smallest absolute Gasteiger partial charge is 0.161 e. The third kappa shape index (κ3) is 3.98. The maximum absolute atomic E-state index is 10.3. The van der Waals surface area contributed by atoms with Crippen LogP contribution >= 0.6 is 0 Å². The van der Waals surface area contributed by atoms with Gasteiger partial charge in [-0.15, -0.1) is 6.58 Å². The van der Waals surface area contributed by atoms with Gasteiger partial charge < -0.3 is 15.6 Å². The van der Waals surface area contributed by atoms with E-state index in [1.54, 1.807) is 17.7 Å². The fourth-order valence-corrected chi connectivity index (χ4v) is 4.33. The number of nitrogens with zero attached hydrogens (tertiary/aromatic N) is 4. The topological polar surface area (TPSA) is 88.9 Å². The van der Waals surface area contributed by atoms with Crippen LogP contribution in [0.4, 0.5) is 5.82 Å². The number of benzene rings is 1. The molecule has 1 fully saturated rings. The SMILES string of the molecule is C=CCc1cc(CN2CCC[C@@H](c3cc(N)n4nc(C)cc4n3)C2)cc(OC)c1O. The van der Waals surface area contributed by atoms with Gasteiger partial charge in [0.1, 0.15) is 5.82 Å². The van der Waals surface area contributed by atoms with Crippen molar-refractivity contribution in [3.8, 4) is 11.5 Å². The number of phenols is 1. The first-order valence-electron chi connectivity index (χ1n) is 10.3. The zero-order valence-electron chi connectivity index (χ0n) is 17.6. The minimum absolute atomic E-state index is 0.196. The number of nitrogen functional groups attached to an aromatic ring is 1. The van der Waals surface area contributed by atoms with Gasteiger partial charge in [0, 0.05) is 36.7 Å². The summed E-state index contributed by atoms with van der Waals surface area (Å²) in [5.74, 6) is 1.65. The molecule has 1 saturated heterocycles. The van der Waals surface area contributed by atoms with Crippen molar-refractivity contribution in [2.45, 2.75) is 38.6 Å². The number of phenolic OH excluding ortho intramolecular Hbond substituents is 1. The van der Waals surface area contributed by atoms with Gasteiger partial charge in [0.25, 0.3) is 0 Å². The second-order valence-corrected chi connectivity index (χ2v) is 8.03. The predicted molar refractivity (Wildman–Crippen MR) is 118 cm³/mol. The highest BCUT2D eigenvalue weighted by atomic mass is 16.5. The van der Waals surface area contributed by atoms with Crippen molar-refractivity contribution in [3.63, 3.8) is 0 Å². The third-order valence-corrected chi connectivity index (χ3v) is 5.72. The Balaban J connectivity index is 1.55. The normalized spacial score (nSPS) is 17.3. The first-order chi connectivity index (χ1) is 14.5. The van der Waals surface area contributed by atoms with Crippen LogP contribution in [0.1, 0.15) is 41.3 Å². The highest BCUT2D eigenvalue weighted by molar-refractivity contribution is 5.50. The van der Waals surface area contributed by atoms with Gasteiger partial charge in [-0.1, -0.05) is 12.1 Å². The van der Waals surface area contributed by atoms with Crippen LogP contribution in [0.25, 0.3) is 5.65 Å². The zero-order chi connectivity index (χ0) is 21.3. The zero-order valence-corrected chi connectivity index (χ0v) is 17.6. The number of hydrogen-bond acceptors (Lipinski definition) is 6. The number of aromatic hydroxyl groups is 1. The lowest BCUT2D eigenvalue weighted by molar-refractivity contribution is 0.198. The largest absolute Gasteiger partial charge is 0.504 e. The van der Waals surface area contributed by atoms with Crippen LogP contribution < -0.4 is 10.5 Å². The van der Waals surface area contributed by atoms with E-state index < -0.39 is 0 Å². The van der Waals surface area contributed by atoms with Crippen molar-refractivity contribution in [1.82, 2.24) is 19.5 Å². The summed E-state index contributed by atoms with van der Waals surface area (Å²) < 4.78 is 7.07. The molecule has 0 bridgehead atoms. The summed E-state index contributed by atoms with van der Waals surface area (Å²) >= 11 is 0. The lowest BCUT2D eigenvalue weighted by Crippen LogP contribution is -2.34. The maximum atomic E-state index is 10.3. The van der Waals surface area contributed by atoms with Gasteiger partial charge >= 0.3 is 0 Å². The molecule has 2 aromatic heterocycles. The molecule has 0 amide bonds. The number of hydrogen-bond donors (Lipinski definition) is 2. The molecule has 0 unspecified atom stereocenters. The summed E-state index contributed by atoms with van der Waals surface area (Å²) in [7, 11) is 1.58. The number of rotatable bonds is 6. The minimum Gasteiger partial charge on any atom is -0.504 e. The number of piperidine rings is 1. The standard InChI is InChI=1S/C23H29N5O2/c1-4-6-17-10-16(11-20(30-3)23(17)29)13-27-8-5-7-18(14-27)19-12-21(24)28-22(25-19)9-15(2)26-28/h4,9-12,18,29H,1,5-8,13-14,24H2,2-3H3/t18-/m1/s1. The number of nitrogens with two attached hydrogens (primary N) is 1. The molecule has 3 aromatic rings. The fourth-order valence-electron chi connectivity index (χ4n) is 4.33. The van der Waals surface area contributed by atoms with Gasteiger partial charge in [0.15, 0.2) is 17.1 Å². The molecule has 30 heavy (non-hydrogen) atoms. The van der Waals surface area contributed by atoms with Crippen LogP contribution in [0.3, 0.4) is 0 Å². The lowest BCUT2D eigenvalue weighted by atomic mass is 9.94. The molecule has 3 N–H and O–H groups in total. The molecule has 3 heterocycles. The fraction of sp³-hybridized carbons (Fsp3) is 0.391. The lowest BCUT2D eigenvalue weighted by Gasteiger charge is -2.32. The van der Waals surface area contributed by atoms with E-state index in [0.29, 0.717) is 23.9 Å². The molecular formula is C23H29N5O2. The van der Waals surface area contributed by atoms with E-state index in [1.807, 2.05) is 31.2 Å². The van der Waals surface area contributed by atoms with Gasteiger partial charge in [0.05, 0.1) is 18.5 Å². The predicted octanol–water partition coefficient (Wildman–Crippen LogP) is 3.44. The Kier molecular flexibility index (Phi) is 5.63. The van der Waals surface area contributed by atoms with E-state index in [4.69, 9.17) is 15.5 Å². The molecular weight excluding hydrogens is 378 g/mol. The third-order valence-electron chi connectivity index (χ3n) is 5.72. The molecule has 1 aliphatic heterocycles. The number of ether oxygens (including phenoxy) is 1. The molecule has 4 rings (SSSR count). The number of allylic oxidation sites excluding steroid dienone is 1. The van der Waals surface area contributed by atoms with E-state index >= 15 is 0 Å². The van der Waals surface area contributed by atoms with Crippen LogP contribution in [-0.2, 0) is 13.0 Å². The number of aromatic nitrogens is 3. The van der Waals surface area contributed by atoms with Crippen LogP contribution in [0.2, 0.25) is 0 Å². The molecule has 0 radical (unpaired) electrons. The monoisotopic (exact) mass is 407 g/mol. The van der Waals surface area contributed by atoms with Gasteiger partial charge in [-0.2, -0.15) is 9.61 Å². The Morgan fingerprint density at radius 2 is 2.17 bits per heavy atom. The average molecular weight is 408 g/mol.